The third kappa shape index (κ3) is 3.75. The summed E-state index contributed by atoms with van der Waals surface area (Å²) in [6.45, 7) is 0.514. The van der Waals surface area contributed by atoms with Gasteiger partial charge >= 0.3 is 0 Å². The number of hydrogen-bond donors (Lipinski definition) is 2. The van der Waals surface area contributed by atoms with Crippen molar-refractivity contribution < 1.29 is 14.3 Å². The molecule has 112 valence electrons. The van der Waals surface area contributed by atoms with Crippen molar-refractivity contribution in [3.63, 3.8) is 0 Å². The Morgan fingerprint density at radius 2 is 2.10 bits per heavy atom. The zero-order valence-electron chi connectivity index (χ0n) is 11.8. The van der Waals surface area contributed by atoms with Crippen LogP contribution in [0, 0.1) is 0 Å². The van der Waals surface area contributed by atoms with Gasteiger partial charge in [-0.1, -0.05) is 6.07 Å². The molecule has 0 radical (unpaired) electrons. The number of ether oxygens (including phenoxy) is 2. The minimum atomic E-state index is -0.195. The number of aromatic nitrogens is 2. The first kappa shape index (κ1) is 15.4. The second-order valence-electron chi connectivity index (χ2n) is 4.29. The van der Waals surface area contributed by atoms with Gasteiger partial charge in [0.1, 0.15) is 5.69 Å². The molecule has 2 N–H and O–H groups in total. The lowest BCUT2D eigenvalue weighted by molar-refractivity contribution is 0.0948. The van der Waals surface area contributed by atoms with Crippen LogP contribution in [-0.2, 0) is 6.42 Å². The van der Waals surface area contributed by atoms with Crippen molar-refractivity contribution in [1.29, 1.82) is 0 Å². The SMILES string of the molecule is COc1ccc(CCNC(=O)c2[nH]ncc2Br)cc1OC. The highest BCUT2D eigenvalue weighted by molar-refractivity contribution is 9.10. The smallest absolute Gasteiger partial charge is 0.270 e. The van der Waals surface area contributed by atoms with Crippen molar-refractivity contribution >= 4 is 21.8 Å². The molecule has 7 heteroatoms. The first-order valence-corrected chi connectivity index (χ1v) is 7.13. The number of methoxy groups -OCH3 is 2. The van der Waals surface area contributed by atoms with E-state index < -0.39 is 0 Å². The molecule has 1 aromatic heterocycles. The maximum Gasteiger partial charge on any atom is 0.270 e. The molecule has 0 bridgehead atoms. The molecule has 2 aromatic rings. The maximum atomic E-state index is 11.9. The number of nitrogens with one attached hydrogen (secondary N) is 2. The summed E-state index contributed by atoms with van der Waals surface area (Å²) in [6.07, 6.45) is 2.24. The average Bonchev–Trinajstić information content (AvgIpc) is 2.93. The van der Waals surface area contributed by atoms with Gasteiger partial charge in [0.2, 0.25) is 0 Å². The van der Waals surface area contributed by atoms with Crippen LogP contribution in [0.2, 0.25) is 0 Å². The van der Waals surface area contributed by atoms with E-state index in [-0.39, 0.29) is 5.91 Å². The summed E-state index contributed by atoms with van der Waals surface area (Å²) in [4.78, 5) is 11.9. The summed E-state index contributed by atoms with van der Waals surface area (Å²) in [6, 6.07) is 5.69. The molecule has 1 aromatic carbocycles. The van der Waals surface area contributed by atoms with Gasteiger partial charge in [-0.3, -0.25) is 9.89 Å². The lowest BCUT2D eigenvalue weighted by atomic mass is 10.1. The molecule has 0 saturated heterocycles. The van der Waals surface area contributed by atoms with Gasteiger partial charge < -0.3 is 14.8 Å². The second-order valence-corrected chi connectivity index (χ2v) is 5.14. The Morgan fingerprint density at radius 3 is 2.71 bits per heavy atom. The number of benzene rings is 1. The van der Waals surface area contributed by atoms with Gasteiger partial charge in [-0.05, 0) is 40.0 Å². The van der Waals surface area contributed by atoms with E-state index in [9.17, 15) is 4.79 Å². The molecule has 6 nitrogen and oxygen atoms in total. The van der Waals surface area contributed by atoms with Gasteiger partial charge in [-0.25, -0.2) is 0 Å². The summed E-state index contributed by atoms with van der Waals surface area (Å²) in [5, 5.41) is 9.26. The number of carbonyl (C=O) groups is 1. The minimum absolute atomic E-state index is 0.195. The van der Waals surface area contributed by atoms with E-state index in [0.29, 0.717) is 34.6 Å². The maximum absolute atomic E-state index is 11.9. The molecule has 0 atom stereocenters. The quantitative estimate of drug-likeness (QED) is 0.834. The fourth-order valence-corrected chi connectivity index (χ4v) is 2.25. The van der Waals surface area contributed by atoms with Crippen LogP contribution in [0.5, 0.6) is 11.5 Å². The predicted octanol–water partition coefficient (Wildman–Crippen LogP) is 2.16. The molecule has 1 heterocycles. The standard InChI is InChI=1S/C14H16BrN3O3/c1-20-11-4-3-9(7-12(11)21-2)5-6-16-14(19)13-10(15)8-17-18-13/h3-4,7-8H,5-6H2,1-2H3,(H,16,19)(H,17,18). The van der Waals surface area contributed by atoms with Crippen LogP contribution in [0.4, 0.5) is 0 Å². The van der Waals surface area contributed by atoms with E-state index in [1.54, 1.807) is 20.4 Å². The predicted molar refractivity (Wildman–Crippen MR) is 81.9 cm³/mol. The van der Waals surface area contributed by atoms with E-state index in [0.717, 1.165) is 5.56 Å². The summed E-state index contributed by atoms with van der Waals surface area (Å²) in [5.74, 6) is 1.17. The van der Waals surface area contributed by atoms with Crippen LogP contribution in [0.25, 0.3) is 0 Å². The first-order valence-electron chi connectivity index (χ1n) is 6.33. The largest absolute Gasteiger partial charge is 0.493 e. The van der Waals surface area contributed by atoms with Crippen molar-refractivity contribution in [2.45, 2.75) is 6.42 Å². The number of H-pyrrole nitrogens is 1. The molecule has 21 heavy (non-hydrogen) atoms. The highest BCUT2D eigenvalue weighted by Gasteiger charge is 2.11. The number of carbonyl (C=O) groups excluding carboxylic acids is 1. The van der Waals surface area contributed by atoms with E-state index in [1.807, 2.05) is 18.2 Å². The average molecular weight is 354 g/mol. The zero-order valence-corrected chi connectivity index (χ0v) is 13.4. The normalized spacial score (nSPS) is 10.2. The van der Waals surface area contributed by atoms with Crippen LogP contribution in [0.3, 0.4) is 0 Å². The van der Waals surface area contributed by atoms with Gasteiger partial charge in [0, 0.05) is 6.54 Å². The number of halogens is 1. The highest BCUT2D eigenvalue weighted by Crippen LogP contribution is 2.27. The summed E-state index contributed by atoms with van der Waals surface area (Å²) in [7, 11) is 3.19. The van der Waals surface area contributed by atoms with E-state index in [4.69, 9.17) is 9.47 Å². The Hall–Kier alpha value is -2.02. The molecule has 0 saturated carbocycles. The summed E-state index contributed by atoms with van der Waals surface area (Å²) in [5.41, 5.74) is 1.47. The highest BCUT2D eigenvalue weighted by atomic mass is 79.9. The summed E-state index contributed by atoms with van der Waals surface area (Å²) >= 11 is 3.25. The van der Waals surface area contributed by atoms with E-state index in [2.05, 4.69) is 31.4 Å². The lowest BCUT2D eigenvalue weighted by Gasteiger charge is -2.10. The van der Waals surface area contributed by atoms with Crippen molar-refractivity contribution in [2.24, 2.45) is 0 Å². The zero-order chi connectivity index (χ0) is 15.2. The number of rotatable bonds is 6. The van der Waals surface area contributed by atoms with Gasteiger partial charge in [-0.15, -0.1) is 0 Å². The Balaban J connectivity index is 1.92. The molecule has 0 fully saturated rings. The third-order valence-corrected chi connectivity index (χ3v) is 3.57. The molecule has 1 amide bonds. The van der Waals surface area contributed by atoms with Crippen molar-refractivity contribution in [2.75, 3.05) is 20.8 Å². The minimum Gasteiger partial charge on any atom is -0.493 e. The van der Waals surface area contributed by atoms with Crippen LogP contribution in [0.15, 0.2) is 28.9 Å². The molecule has 0 aliphatic rings. The fourth-order valence-electron chi connectivity index (χ4n) is 1.88. The van der Waals surface area contributed by atoms with Crippen molar-refractivity contribution in [3.8, 4) is 11.5 Å². The summed E-state index contributed by atoms with van der Waals surface area (Å²) < 4.78 is 11.1. The van der Waals surface area contributed by atoms with Gasteiger partial charge in [0.05, 0.1) is 24.9 Å². The Kier molecular flexibility index (Phi) is 5.21. The molecule has 0 unspecified atom stereocenters. The molecule has 0 aliphatic heterocycles. The fraction of sp³-hybridized carbons (Fsp3) is 0.286. The Bertz CT molecular complexity index is 628. The van der Waals surface area contributed by atoms with Crippen LogP contribution >= 0.6 is 15.9 Å². The van der Waals surface area contributed by atoms with E-state index in [1.165, 1.54) is 0 Å². The molecular formula is C14H16BrN3O3. The molecule has 2 rings (SSSR count). The Morgan fingerprint density at radius 1 is 1.33 bits per heavy atom. The number of amides is 1. The van der Waals surface area contributed by atoms with Gasteiger partial charge in [-0.2, -0.15) is 5.10 Å². The van der Waals surface area contributed by atoms with Crippen LogP contribution < -0.4 is 14.8 Å². The topological polar surface area (TPSA) is 76.2 Å². The van der Waals surface area contributed by atoms with Crippen molar-refractivity contribution in [1.82, 2.24) is 15.5 Å². The van der Waals surface area contributed by atoms with Crippen LogP contribution in [0.1, 0.15) is 16.1 Å². The van der Waals surface area contributed by atoms with Gasteiger partial charge in [0.15, 0.2) is 11.5 Å². The Labute approximate surface area is 131 Å². The molecule has 0 spiro atoms. The molecule has 0 aliphatic carbocycles. The lowest BCUT2D eigenvalue weighted by Crippen LogP contribution is -2.26. The number of hydrogen-bond acceptors (Lipinski definition) is 4. The van der Waals surface area contributed by atoms with Crippen molar-refractivity contribution in [3.05, 3.63) is 40.1 Å². The van der Waals surface area contributed by atoms with E-state index >= 15 is 0 Å². The second kappa shape index (κ2) is 7.12. The van der Waals surface area contributed by atoms with Gasteiger partial charge in [0.25, 0.3) is 5.91 Å². The number of aromatic amines is 1. The van der Waals surface area contributed by atoms with Crippen LogP contribution in [-0.4, -0.2) is 36.9 Å². The number of nitrogens with zero attached hydrogens (tertiary/aromatic N) is 1. The monoisotopic (exact) mass is 353 g/mol. The third-order valence-electron chi connectivity index (χ3n) is 2.97. The molecular weight excluding hydrogens is 338 g/mol. The first-order chi connectivity index (χ1) is 10.2.